The molecule has 0 aliphatic carbocycles. The molecule has 0 radical (unpaired) electrons. The third kappa shape index (κ3) is 1.64. The van der Waals surface area contributed by atoms with Crippen LogP contribution in [0.1, 0.15) is 12.5 Å². The molecule has 1 atom stereocenters. The smallest absolute Gasteiger partial charge is 0.137 e. The maximum Gasteiger partial charge on any atom is 0.137 e. The average molecular weight is 202 g/mol. The summed E-state index contributed by atoms with van der Waals surface area (Å²) in [5.41, 5.74) is 6.66. The van der Waals surface area contributed by atoms with Crippen molar-refractivity contribution in [3.05, 3.63) is 48.5 Å². The Hall–Kier alpha value is -1.68. The number of rotatable bonds is 3. The Bertz CT molecular complexity index is 409. The van der Waals surface area contributed by atoms with Gasteiger partial charge in [0.2, 0.25) is 0 Å². The molecule has 2 aromatic rings. The van der Waals surface area contributed by atoms with Gasteiger partial charge in [-0.3, -0.25) is 0 Å². The van der Waals surface area contributed by atoms with Crippen LogP contribution in [0.25, 0.3) is 0 Å². The summed E-state index contributed by atoms with van der Waals surface area (Å²) in [5, 5.41) is 4.16. The van der Waals surface area contributed by atoms with E-state index in [-0.39, 0.29) is 5.54 Å². The summed E-state index contributed by atoms with van der Waals surface area (Å²) in [7, 11) is 0. The lowest BCUT2D eigenvalue weighted by molar-refractivity contribution is 0.363. The highest BCUT2D eigenvalue weighted by molar-refractivity contribution is 5.24. The zero-order valence-corrected chi connectivity index (χ0v) is 8.67. The minimum absolute atomic E-state index is 0.322. The molecule has 0 aliphatic rings. The van der Waals surface area contributed by atoms with Crippen LogP contribution in [0.3, 0.4) is 0 Å². The molecule has 0 fully saturated rings. The summed E-state index contributed by atoms with van der Waals surface area (Å²) < 4.78 is 1.79. The van der Waals surface area contributed by atoms with Crippen LogP contribution in [0.2, 0.25) is 0 Å². The number of aromatic nitrogens is 3. The molecule has 0 spiro atoms. The van der Waals surface area contributed by atoms with Crippen LogP contribution < -0.4 is 5.73 Å². The van der Waals surface area contributed by atoms with Gasteiger partial charge in [-0.2, -0.15) is 5.10 Å². The molecule has 4 heteroatoms. The first kappa shape index (κ1) is 9.86. The van der Waals surface area contributed by atoms with Crippen molar-refractivity contribution >= 4 is 0 Å². The van der Waals surface area contributed by atoms with Gasteiger partial charge in [0, 0.05) is 6.54 Å². The van der Waals surface area contributed by atoms with Crippen LogP contribution in [0.15, 0.2) is 43.0 Å². The van der Waals surface area contributed by atoms with E-state index in [0.717, 1.165) is 5.56 Å². The van der Waals surface area contributed by atoms with Gasteiger partial charge in [-0.05, 0) is 12.5 Å². The molecule has 0 aliphatic heterocycles. The fraction of sp³-hybridized carbons (Fsp3) is 0.273. The van der Waals surface area contributed by atoms with Gasteiger partial charge >= 0.3 is 0 Å². The van der Waals surface area contributed by atoms with Gasteiger partial charge in [0.25, 0.3) is 0 Å². The highest BCUT2D eigenvalue weighted by Gasteiger charge is 2.27. The van der Waals surface area contributed by atoms with Gasteiger partial charge in [0.05, 0.1) is 5.54 Å². The SMILES string of the molecule is CC(CN)(c1ccccc1)n1cncn1. The van der Waals surface area contributed by atoms with Crippen LogP contribution in [0.4, 0.5) is 0 Å². The third-order valence-corrected chi connectivity index (χ3v) is 2.72. The molecular weight excluding hydrogens is 188 g/mol. The third-order valence-electron chi connectivity index (χ3n) is 2.72. The summed E-state index contributed by atoms with van der Waals surface area (Å²) >= 11 is 0. The molecule has 2 N–H and O–H groups in total. The van der Waals surface area contributed by atoms with Crippen molar-refractivity contribution in [2.45, 2.75) is 12.5 Å². The molecule has 78 valence electrons. The van der Waals surface area contributed by atoms with E-state index in [1.165, 1.54) is 6.33 Å². The van der Waals surface area contributed by atoms with Crippen molar-refractivity contribution in [1.82, 2.24) is 14.8 Å². The number of nitrogens with two attached hydrogens (primary N) is 1. The Morgan fingerprint density at radius 1 is 1.33 bits per heavy atom. The lowest BCUT2D eigenvalue weighted by Gasteiger charge is -2.28. The lowest BCUT2D eigenvalue weighted by atomic mass is 9.92. The molecule has 15 heavy (non-hydrogen) atoms. The van der Waals surface area contributed by atoms with Crippen molar-refractivity contribution < 1.29 is 0 Å². The summed E-state index contributed by atoms with van der Waals surface area (Å²) in [4.78, 5) is 3.96. The van der Waals surface area contributed by atoms with E-state index < -0.39 is 0 Å². The first-order valence-corrected chi connectivity index (χ1v) is 4.88. The van der Waals surface area contributed by atoms with Crippen molar-refractivity contribution in [2.75, 3.05) is 6.54 Å². The summed E-state index contributed by atoms with van der Waals surface area (Å²) in [5.74, 6) is 0. The molecule has 1 aromatic carbocycles. The molecule has 1 unspecified atom stereocenters. The van der Waals surface area contributed by atoms with Gasteiger partial charge in [-0.15, -0.1) is 0 Å². The lowest BCUT2D eigenvalue weighted by Crippen LogP contribution is -2.39. The van der Waals surface area contributed by atoms with E-state index in [9.17, 15) is 0 Å². The van der Waals surface area contributed by atoms with Crippen LogP contribution >= 0.6 is 0 Å². The molecule has 0 saturated carbocycles. The van der Waals surface area contributed by atoms with Crippen molar-refractivity contribution in [2.24, 2.45) is 5.73 Å². The second-order valence-corrected chi connectivity index (χ2v) is 3.68. The number of hydrogen-bond donors (Lipinski definition) is 1. The van der Waals surface area contributed by atoms with E-state index in [1.807, 2.05) is 18.2 Å². The van der Waals surface area contributed by atoms with Crippen LogP contribution in [0.5, 0.6) is 0 Å². The first-order valence-electron chi connectivity index (χ1n) is 4.88. The molecular formula is C11H14N4. The number of hydrogen-bond acceptors (Lipinski definition) is 3. The number of benzene rings is 1. The monoisotopic (exact) mass is 202 g/mol. The molecule has 4 nitrogen and oxygen atoms in total. The Morgan fingerprint density at radius 3 is 2.60 bits per heavy atom. The second kappa shape index (κ2) is 3.82. The van der Waals surface area contributed by atoms with Gasteiger partial charge in [0.15, 0.2) is 0 Å². The van der Waals surface area contributed by atoms with E-state index >= 15 is 0 Å². The van der Waals surface area contributed by atoms with Gasteiger partial charge < -0.3 is 5.73 Å². The first-order chi connectivity index (χ1) is 7.27. The van der Waals surface area contributed by atoms with E-state index in [4.69, 9.17) is 5.73 Å². The van der Waals surface area contributed by atoms with Gasteiger partial charge in [-0.1, -0.05) is 30.3 Å². The Kier molecular flexibility index (Phi) is 2.51. The Labute approximate surface area is 88.8 Å². The van der Waals surface area contributed by atoms with Crippen LogP contribution in [0, 0.1) is 0 Å². The second-order valence-electron chi connectivity index (χ2n) is 3.68. The molecule has 0 bridgehead atoms. The molecule has 1 aromatic heterocycles. The average Bonchev–Trinajstić information content (AvgIpc) is 2.83. The highest BCUT2D eigenvalue weighted by Crippen LogP contribution is 2.22. The van der Waals surface area contributed by atoms with E-state index in [2.05, 4.69) is 29.1 Å². The topological polar surface area (TPSA) is 56.7 Å². The molecule has 2 rings (SSSR count). The maximum atomic E-state index is 5.84. The summed E-state index contributed by atoms with van der Waals surface area (Å²) in [6.07, 6.45) is 3.22. The van der Waals surface area contributed by atoms with E-state index in [1.54, 1.807) is 11.0 Å². The van der Waals surface area contributed by atoms with Gasteiger partial charge in [-0.25, -0.2) is 9.67 Å². The fourth-order valence-electron chi connectivity index (χ4n) is 1.60. The maximum absolute atomic E-state index is 5.84. The van der Waals surface area contributed by atoms with Crippen LogP contribution in [-0.2, 0) is 5.54 Å². The highest BCUT2D eigenvalue weighted by atomic mass is 15.4. The summed E-state index contributed by atoms with van der Waals surface area (Å²) in [6, 6.07) is 10.1. The van der Waals surface area contributed by atoms with Crippen molar-refractivity contribution in [1.29, 1.82) is 0 Å². The normalized spacial score (nSPS) is 14.8. The predicted octanol–water partition coefficient (Wildman–Crippen LogP) is 1.00. The zero-order chi connectivity index (χ0) is 10.7. The van der Waals surface area contributed by atoms with Gasteiger partial charge in [0.1, 0.15) is 12.7 Å². The van der Waals surface area contributed by atoms with Crippen molar-refractivity contribution in [3.8, 4) is 0 Å². The van der Waals surface area contributed by atoms with Crippen LogP contribution in [-0.4, -0.2) is 21.3 Å². The fourth-order valence-corrected chi connectivity index (χ4v) is 1.60. The zero-order valence-electron chi connectivity index (χ0n) is 8.67. The standard InChI is InChI=1S/C11H14N4/c1-11(7-12,15-9-13-8-14-15)10-5-3-2-4-6-10/h2-6,8-9H,7,12H2,1H3. The van der Waals surface area contributed by atoms with Crippen molar-refractivity contribution in [3.63, 3.8) is 0 Å². The summed E-state index contributed by atoms with van der Waals surface area (Å²) in [6.45, 7) is 2.54. The molecule has 1 heterocycles. The minimum Gasteiger partial charge on any atom is -0.328 e. The molecule has 0 amide bonds. The Balaban J connectivity index is 2.47. The quantitative estimate of drug-likeness (QED) is 0.807. The molecule has 0 saturated heterocycles. The number of nitrogens with zero attached hydrogens (tertiary/aromatic N) is 3. The largest absolute Gasteiger partial charge is 0.328 e. The predicted molar refractivity (Wildman–Crippen MR) is 58.3 cm³/mol. The Morgan fingerprint density at radius 2 is 2.07 bits per heavy atom. The van der Waals surface area contributed by atoms with E-state index in [0.29, 0.717) is 6.54 Å². The minimum atomic E-state index is -0.322.